The Bertz CT molecular complexity index is 191. The molecule has 2 N–H and O–H groups in total. The predicted octanol–water partition coefficient (Wildman–Crippen LogP) is -1.75. The van der Waals surface area contributed by atoms with Gasteiger partial charge in [0.05, 0.1) is 13.1 Å². The van der Waals surface area contributed by atoms with Gasteiger partial charge in [0.1, 0.15) is 0 Å². The number of hydrogen-bond acceptors (Lipinski definition) is 0. The zero-order valence-electron chi connectivity index (χ0n) is 9.18. The molecular weight excluding hydrogens is 182 g/mol. The van der Waals surface area contributed by atoms with E-state index in [0.29, 0.717) is 5.41 Å². The SMILES string of the molecule is C[NH2+]C1CC2CC(C1C)C2(C)C.[Cl-]. The molecular formula is C11H22ClN. The van der Waals surface area contributed by atoms with Crippen molar-refractivity contribution >= 4 is 0 Å². The van der Waals surface area contributed by atoms with E-state index in [-0.39, 0.29) is 12.4 Å². The predicted molar refractivity (Wildman–Crippen MR) is 50.8 cm³/mol. The van der Waals surface area contributed by atoms with Crippen LogP contribution in [0.2, 0.25) is 0 Å². The lowest BCUT2D eigenvalue weighted by atomic mass is 9.45. The Balaban J connectivity index is 0.000000845. The fourth-order valence-electron chi connectivity index (χ4n) is 3.63. The minimum atomic E-state index is 0. The van der Waals surface area contributed by atoms with E-state index in [2.05, 4.69) is 33.1 Å². The Morgan fingerprint density at radius 2 is 1.85 bits per heavy atom. The molecule has 0 aromatic heterocycles. The zero-order chi connectivity index (χ0) is 8.93. The Kier molecular flexibility index (Phi) is 2.99. The van der Waals surface area contributed by atoms with Gasteiger partial charge in [-0.05, 0) is 23.7 Å². The summed E-state index contributed by atoms with van der Waals surface area (Å²) in [5.41, 5.74) is 0.666. The van der Waals surface area contributed by atoms with E-state index in [1.54, 1.807) is 0 Å². The van der Waals surface area contributed by atoms with Crippen LogP contribution < -0.4 is 17.7 Å². The van der Waals surface area contributed by atoms with E-state index >= 15 is 0 Å². The molecule has 78 valence electrons. The van der Waals surface area contributed by atoms with Crippen LogP contribution in [0.15, 0.2) is 0 Å². The molecule has 3 saturated carbocycles. The van der Waals surface area contributed by atoms with Crippen LogP contribution in [0.4, 0.5) is 0 Å². The average molecular weight is 204 g/mol. The Morgan fingerprint density at radius 3 is 2.23 bits per heavy atom. The van der Waals surface area contributed by atoms with Gasteiger partial charge >= 0.3 is 0 Å². The highest BCUT2D eigenvalue weighted by molar-refractivity contribution is 5.04. The largest absolute Gasteiger partial charge is 1.00 e. The lowest BCUT2D eigenvalue weighted by Gasteiger charge is -2.60. The smallest absolute Gasteiger partial charge is 0.0888 e. The molecule has 3 aliphatic rings. The van der Waals surface area contributed by atoms with Crippen molar-refractivity contribution in [2.75, 3.05) is 7.05 Å². The van der Waals surface area contributed by atoms with Crippen LogP contribution in [0, 0.1) is 23.2 Å². The maximum atomic E-state index is 2.47. The second-order valence-electron chi connectivity index (χ2n) is 5.45. The molecule has 0 amide bonds. The van der Waals surface area contributed by atoms with Gasteiger partial charge in [0.2, 0.25) is 0 Å². The number of rotatable bonds is 1. The van der Waals surface area contributed by atoms with E-state index in [1.807, 2.05) is 0 Å². The van der Waals surface area contributed by atoms with Crippen LogP contribution in [0.1, 0.15) is 33.6 Å². The summed E-state index contributed by atoms with van der Waals surface area (Å²) >= 11 is 0. The monoisotopic (exact) mass is 203 g/mol. The number of nitrogens with two attached hydrogens (primary N) is 1. The normalized spacial score (nSPS) is 46.2. The first kappa shape index (κ1) is 11.3. The summed E-state index contributed by atoms with van der Waals surface area (Å²) in [6.07, 6.45) is 2.97. The average Bonchev–Trinajstić information content (AvgIpc) is 2.03. The van der Waals surface area contributed by atoms with E-state index in [1.165, 1.54) is 12.8 Å². The zero-order valence-corrected chi connectivity index (χ0v) is 9.93. The number of quaternary nitrogens is 1. The molecule has 0 aromatic rings. The highest BCUT2D eigenvalue weighted by Gasteiger charge is 2.57. The van der Waals surface area contributed by atoms with Crippen molar-refractivity contribution in [2.24, 2.45) is 23.2 Å². The molecule has 4 unspecified atom stereocenters. The van der Waals surface area contributed by atoms with Gasteiger partial charge in [0.15, 0.2) is 0 Å². The molecule has 0 aliphatic heterocycles. The summed E-state index contributed by atoms with van der Waals surface area (Å²) in [4.78, 5) is 0. The Morgan fingerprint density at radius 1 is 1.23 bits per heavy atom. The topological polar surface area (TPSA) is 16.6 Å². The third kappa shape index (κ3) is 1.41. The van der Waals surface area contributed by atoms with Crippen molar-refractivity contribution in [1.82, 2.24) is 0 Å². The summed E-state index contributed by atoms with van der Waals surface area (Å²) in [5.74, 6) is 2.98. The molecule has 0 radical (unpaired) electrons. The van der Waals surface area contributed by atoms with Crippen molar-refractivity contribution < 1.29 is 17.7 Å². The van der Waals surface area contributed by atoms with Crippen molar-refractivity contribution in [2.45, 2.75) is 39.7 Å². The third-order valence-corrected chi connectivity index (χ3v) is 4.84. The second kappa shape index (κ2) is 3.43. The van der Waals surface area contributed by atoms with Gasteiger partial charge in [-0.15, -0.1) is 0 Å². The van der Waals surface area contributed by atoms with E-state index in [9.17, 15) is 0 Å². The molecule has 2 bridgehead atoms. The second-order valence-corrected chi connectivity index (χ2v) is 5.45. The fourth-order valence-corrected chi connectivity index (χ4v) is 3.63. The Labute approximate surface area is 88.1 Å². The van der Waals surface area contributed by atoms with Gasteiger partial charge in [-0.25, -0.2) is 0 Å². The summed E-state index contributed by atoms with van der Waals surface area (Å²) in [7, 11) is 2.24. The summed E-state index contributed by atoms with van der Waals surface area (Å²) < 4.78 is 0. The van der Waals surface area contributed by atoms with Crippen LogP contribution in [0.3, 0.4) is 0 Å². The van der Waals surface area contributed by atoms with Crippen LogP contribution in [0.5, 0.6) is 0 Å². The van der Waals surface area contributed by atoms with Crippen molar-refractivity contribution in [3.8, 4) is 0 Å². The van der Waals surface area contributed by atoms with Gasteiger partial charge < -0.3 is 17.7 Å². The molecule has 3 fully saturated rings. The highest BCUT2D eigenvalue weighted by Crippen LogP contribution is 2.60. The minimum Gasteiger partial charge on any atom is -1.00 e. The molecule has 3 aliphatic carbocycles. The first-order valence-electron chi connectivity index (χ1n) is 5.37. The molecule has 2 heteroatoms. The van der Waals surface area contributed by atoms with E-state index in [4.69, 9.17) is 0 Å². The third-order valence-electron chi connectivity index (χ3n) is 4.84. The molecule has 0 heterocycles. The molecule has 13 heavy (non-hydrogen) atoms. The summed E-state index contributed by atoms with van der Waals surface area (Å²) in [6.45, 7) is 7.38. The lowest BCUT2D eigenvalue weighted by molar-refractivity contribution is -0.680. The van der Waals surface area contributed by atoms with Crippen LogP contribution >= 0.6 is 0 Å². The van der Waals surface area contributed by atoms with Gasteiger partial charge in [0, 0.05) is 12.3 Å². The van der Waals surface area contributed by atoms with Gasteiger partial charge in [-0.3, -0.25) is 0 Å². The van der Waals surface area contributed by atoms with Crippen LogP contribution in [0.25, 0.3) is 0 Å². The van der Waals surface area contributed by atoms with Crippen molar-refractivity contribution in [3.63, 3.8) is 0 Å². The number of hydrogen-bond donors (Lipinski definition) is 1. The molecule has 1 nitrogen and oxygen atoms in total. The van der Waals surface area contributed by atoms with Crippen LogP contribution in [-0.2, 0) is 0 Å². The van der Waals surface area contributed by atoms with Gasteiger partial charge in [0.25, 0.3) is 0 Å². The molecule has 3 rings (SSSR count). The standard InChI is InChI=1S/C11H21N.ClH/c1-7-9-5-8(11(9,2)3)6-10(7)12-4;/h7-10,12H,5-6H2,1-4H3;1H. The molecule has 0 spiro atoms. The Hall–Kier alpha value is 0.250. The quantitative estimate of drug-likeness (QED) is 0.521. The maximum Gasteiger partial charge on any atom is 0.0888 e. The molecule has 0 saturated heterocycles. The first-order chi connectivity index (χ1) is 5.57. The van der Waals surface area contributed by atoms with Crippen molar-refractivity contribution in [1.29, 1.82) is 0 Å². The molecule has 4 atom stereocenters. The van der Waals surface area contributed by atoms with Crippen molar-refractivity contribution in [3.05, 3.63) is 0 Å². The highest BCUT2D eigenvalue weighted by atomic mass is 35.5. The lowest BCUT2D eigenvalue weighted by Crippen LogP contribution is -3.00. The number of fused-ring (bicyclic) bond motifs is 2. The van der Waals surface area contributed by atoms with E-state index in [0.717, 1.165) is 23.8 Å². The summed E-state index contributed by atoms with van der Waals surface area (Å²) in [6, 6.07) is 0.918. The number of halogens is 1. The van der Waals surface area contributed by atoms with Gasteiger partial charge in [-0.2, -0.15) is 0 Å². The maximum absolute atomic E-state index is 2.47. The molecule has 0 aromatic carbocycles. The first-order valence-corrected chi connectivity index (χ1v) is 5.37. The minimum absolute atomic E-state index is 0. The van der Waals surface area contributed by atoms with Gasteiger partial charge in [-0.1, -0.05) is 20.8 Å². The van der Waals surface area contributed by atoms with E-state index < -0.39 is 0 Å². The van der Waals surface area contributed by atoms with Crippen LogP contribution in [-0.4, -0.2) is 13.1 Å². The summed E-state index contributed by atoms with van der Waals surface area (Å²) in [5, 5.41) is 2.43. The fraction of sp³-hybridized carbons (Fsp3) is 1.00.